The Hall–Kier alpha value is -1.62. The number of aryl methyl sites for hydroxylation is 1. The maximum Gasteiger partial charge on any atom is 0.187 e. The Labute approximate surface area is 98.3 Å². The Morgan fingerprint density at radius 3 is 2.69 bits per heavy atom. The molecule has 2 heterocycles. The van der Waals surface area contributed by atoms with Crippen molar-refractivity contribution in [3.8, 4) is 0 Å². The van der Waals surface area contributed by atoms with Crippen molar-refractivity contribution in [1.29, 1.82) is 0 Å². The third kappa shape index (κ3) is 2.70. The van der Waals surface area contributed by atoms with E-state index in [1.165, 1.54) is 0 Å². The lowest BCUT2D eigenvalue weighted by molar-refractivity contribution is 0.949. The number of hydrogen-bond donors (Lipinski definition) is 1. The van der Waals surface area contributed by atoms with Gasteiger partial charge in [-0.15, -0.1) is 0 Å². The molecule has 0 spiro atoms. The van der Waals surface area contributed by atoms with Crippen LogP contribution in [-0.2, 0) is 5.75 Å². The number of thioether (sulfide) groups is 1. The van der Waals surface area contributed by atoms with Crippen LogP contribution in [0.3, 0.4) is 0 Å². The second-order valence-electron chi connectivity index (χ2n) is 3.38. The third-order valence-electron chi connectivity index (χ3n) is 2.04. The van der Waals surface area contributed by atoms with Gasteiger partial charge in [0.1, 0.15) is 5.82 Å². The van der Waals surface area contributed by atoms with Crippen LogP contribution in [-0.4, -0.2) is 15.0 Å². The van der Waals surface area contributed by atoms with Gasteiger partial charge in [-0.05, 0) is 18.6 Å². The summed E-state index contributed by atoms with van der Waals surface area (Å²) in [6, 6.07) is 3.84. The fraction of sp³-hybridized carbons (Fsp3) is 0.182. The molecule has 4 nitrogen and oxygen atoms in total. The van der Waals surface area contributed by atoms with E-state index in [1.807, 2.05) is 31.5 Å². The van der Waals surface area contributed by atoms with Gasteiger partial charge in [0.25, 0.3) is 0 Å². The smallest absolute Gasteiger partial charge is 0.187 e. The zero-order valence-electron chi connectivity index (χ0n) is 8.92. The number of aromatic nitrogens is 3. The van der Waals surface area contributed by atoms with Gasteiger partial charge in [0.2, 0.25) is 0 Å². The summed E-state index contributed by atoms with van der Waals surface area (Å²) in [6.07, 6.45) is 5.30. The van der Waals surface area contributed by atoms with E-state index >= 15 is 0 Å². The minimum atomic E-state index is 0.571. The highest BCUT2D eigenvalue weighted by atomic mass is 32.2. The molecule has 0 aromatic carbocycles. The summed E-state index contributed by atoms with van der Waals surface area (Å²) in [5.74, 6) is 1.31. The largest absolute Gasteiger partial charge is 0.383 e. The number of nitrogens with zero attached hydrogens (tertiary/aromatic N) is 3. The minimum Gasteiger partial charge on any atom is -0.383 e. The number of hydrogen-bond acceptors (Lipinski definition) is 5. The molecule has 0 bridgehead atoms. The van der Waals surface area contributed by atoms with Crippen LogP contribution in [0.15, 0.2) is 35.9 Å². The molecule has 82 valence electrons. The zero-order valence-corrected chi connectivity index (χ0v) is 9.74. The highest BCUT2D eigenvalue weighted by Crippen LogP contribution is 2.20. The molecular formula is C11H12N4S. The third-order valence-corrected chi connectivity index (χ3v) is 2.96. The first-order valence-electron chi connectivity index (χ1n) is 4.86. The molecule has 0 aliphatic rings. The molecule has 2 N–H and O–H groups in total. The average Bonchev–Trinajstić information content (AvgIpc) is 2.30. The summed E-state index contributed by atoms with van der Waals surface area (Å²) in [6.45, 7) is 1.97. The molecule has 0 saturated heterocycles. The van der Waals surface area contributed by atoms with E-state index in [-0.39, 0.29) is 0 Å². The van der Waals surface area contributed by atoms with Gasteiger partial charge in [-0.3, -0.25) is 0 Å². The first-order chi connectivity index (χ1) is 7.75. The van der Waals surface area contributed by atoms with Crippen molar-refractivity contribution < 1.29 is 0 Å². The maximum absolute atomic E-state index is 5.74. The van der Waals surface area contributed by atoms with E-state index in [1.54, 1.807) is 18.0 Å². The van der Waals surface area contributed by atoms with Gasteiger partial charge in [0, 0.05) is 29.9 Å². The molecule has 2 rings (SSSR count). The molecular weight excluding hydrogens is 220 g/mol. The molecule has 0 unspecified atom stereocenters. The van der Waals surface area contributed by atoms with Crippen molar-refractivity contribution in [3.63, 3.8) is 0 Å². The van der Waals surface area contributed by atoms with Crippen LogP contribution in [0.1, 0.15) is 11.1 Å². The second kappa shape index (κ2) is 4.94. The quantitative estimate of drug-likeness (QED) is 0.648. The summed E-state index contributed by atoms with van der Waals surface area (Å²) in [5, 5.41) is 0.758. The lowest BCUT2D eigenvalue weighted by atomic mass is 10.3. The van der Waals surface area contributed by atoms with Crippen molar-refractivity contribution in [2.75, 3.05) is 5.73 Å². The summed E-state index contributed by atoms with van der Waals surface area (Å²) in [4.78, 5) is 12.5. The van der Waals surface area contributed by atoms with Crippen LogP contribution in [0, 0.1) is 6.92 Å². The first kappa shape index (κ1) is 10.9. The molecule has 0 atom stereocenters. The van der Waals surface area contributed by atoms with Crippen LogP contribution in [0.4, 0.5) is 5.82 Å². The molecule has 0 saturated carbocycles. The SMILES string of the molecule is Cc1cnc(SCc2cccnc2N)nc1. The van der Waals surface area contributed by atoms with Gasteiger partial charge in [-0.2, -0.15) is 0 Å². The summed E-state index contributed by atoms with van der Waals surface area (Å²) in [5.41, 5.74) is 7.81. The van der Waals surface area contributed by atoms with E-state index in [9.17, 15) is 0 Å². The molecule has 0 aliphatic heterocycles. The van der Waals surface area contributed by atoms with Crippen molar-refractivity contribution in [2.45, 2.75) is 17.8 Å². The molecule has 0 aliphatic carbocycles. The predicted molar refractivity (Wildman–Crippen MR) is 65.0 cm³/mol. The Balaban J connectivity index is 2.02. The Bertz CT molecular complexity index is 470. The van der Waals surface area contributed by atoms with E-state index in [0.717, 1.165) is 22.0 Å². The van der Waals surface area contributed by atoms with Crippen LogP contribution in [0.5, 0.6) is 0 Å². The van der Waals surface area contributed by atoms with E-state index in [2.05, 4.69) is 15.0 Å². The predicted octanol–water partition coefficient (Wildman–Crippen LogP) is 2.05. The minimum absolute atomic E-state index is 0.571. The van der Waals surface area contributed by atoms with Gasteiger partial charge in [0.05, 0.1) is 0 Å². The zero-order chi connectivity index (χ0) is 11.4. The average molecular weight is 232 g/mol. The lowest BCUT2D eigenvalue weighted by Crippen LogP contribution is -1.96. The van der Waals surface area contributed by atoms with Crippen LogP contribution in [0.2, 0.25) is 0 Å². The maximum atomic E-state index is 5.74. The van der Waals surface area contributed by atoms with Gasteiger partial charge in [-0.1, -0.05) is 17.8 Å². The molecule has 0 fully saturated rings. The van der Waals surface area contributed by atoms with Gasteiger partial charge in [0.15, 0.2) is 5.16 Å². The molecule has 5 heteroatoms. The van der Waals surface area contributed by atoms with E-state index in [4.69, 9.17) is 5.73 Å². The molecule has 16 heavy (non-hydrogen) atoms. The molecule has 0 amide bonds. The monoisotopic (exact) mass is 232 g/mol. The van der Waals surface area contributed by atoms with Crippen LogP contribution in [0.25, 0.3) is 0 Å². The highest BCUT2D eigenvalue weighted by Gasteiger charge is 2.02. The Morgan fingerprint density at radius 2 is 2.00 bits per heavy atom. The molecule has 2 aromatic rings. The number of nitrogens with two attached hydrogens (primary N) is 1. The van der Waals surface area contributed by atoms with Crippen molar-refractivity contribution in [1.82, 2.24) is 15.0 Å². The van der Waals surface area contributed by atoms with Gasteiger partial charge < -0.3 is 5.73 Å². The fourth-order valence-electron chi connectivity index (χ4n) is 1.17. The standard InChI is InChI=1S/C11H12N4S/c1-8-5-14-11(15-6-8)16-7-9-3-2-4-13-10(9)12/h2-6H,7H2,1H3,(H2,12,13). The second-order valence-corrected chi connectivity index (χ2v) is 4.32. The van der Waals surface area contributed by atoms with Crippen molar-refractivity contribution >= 4 is 17.6 Å². The van der Waals surface area contributed by atoms with Gasteiger partial charge in [-0.25, -0.2) is 15.0 Å². The highest BCUT2D eigenvalue weighted by molar-refractivity contribution is 7.98. The first-order valence-corrected chi connectivity index (χ1v) is 5.85. The van der Waals surface area contributed by atoms with Crippen LogP contribution < -0.4 is 5.73 Å². The molecule has 2 aromatic heterocycles. The number of nitrogen functional groups attached to an aromatic ring is 1. The van der Waals surface area contributed by atoms with E-state index < -0.39 is 0 Å². The Morgan fingerprint density at radius 1 is 1.25 bits per heavy atom. The summed E-state index contributed by atoms with van der Waals surface area (Å²) < 4.78 is 0. The van der Waals surface area contributed by atoms with Crippen molar-refractivity contribution in [2.24, 2.45) is 0 Å². The topological polar surface area (TPSA) is 64.7 Å². The van der Waals surface area contributed by atoms with Crippen molar-refractivity contribution in [3.05, 3.63) is 41.9 Å². The van der Waals surface area contributed by atoms with Crippen LogP contribution >= 0.6 is 11.8 Å². The number of pyridine rings is 1. The Kier molecular flexibility index (Phi) is 3.36. The number of rotatable bonds is 3. The number of anilines is 1. The molecule has 0 radical (unpaired) electrons. The normalized spacial score (nSPS) is 10.3. The summed E-state index contributed by atoms with van der Waals surface area (Å²) >= 11 is 1.55. The van der Waals surface area contributed by atoms with E-state index in [0.29, 0.717) is 5.82 Å². The fourth-order valence-corrected chi connectivity index (χ4v) is 1.95. The van der Waals surface area contributed by atoms with Gasteiger partial charge >= 0.3 is 0 Å². The lowest BCUT2D eigenvalue weighted by Gasteiger charge is -2.03. The summed E-state index contributed by atoms with van der Waals surface area (Å²) in [7, 11) is 0.